The fraction of sp³-hybridized carbons (Fsp3) is 0. The molecule has 1 amide bonds. The van der Waals surface area contributed by atoms with E-state index < -0.39 is 11.7 Å². The van der Waals surface area contributed by atoms with Crippen LogP contribution in [0.25, 0.3) is 0 Å². The summed E-state index contributed by atoms with van der Waals surface area (Å²) in [7, 11) is 0. The van der Waals surface area contributed by atoms with Crippen LogP contribution in [-0.2, 0) is 4.79 Å². The normalized spacial score (nSPS) is 12.8. The molecule has 2 N–H and O–H groups in total. The molecule has 5 nitrogen and oxygen atoms in total. The fourth-order valence-electron chi connectivity index (χ4n) is 0.954. The van der Waals surface area contributed by atoms with Crippen molar-refractivity contribution in [2.24, 2.45) is 0 Å². The number of ketones is 1. The first-order chi connectivity index (χ1) is 5.79. The van der Waals surface area contributed by atoms with E-state index in [9.17, 15) is 9.59 Å². The van der Waals surface area contributed by atoms with Crippen LogP contribution < -0.4 is 5.32 Å². The molecular formula is C7H5N3O2. The SMILES string of the molecule is C#N.O=C1Nc2cc[nH]c2C1=O. The van der Waals surface area contributed by atoms with Gasteiger partial charge >= 0.3 is 0 Å². The lowest BCUT2D eigenvalue weighted by molar-refractivity contribution is -0.112. The first kappa shape index (κ1) is 8.01. The monoisotopic (exact) mass is 163 g/mol. The molecule has 0 unspecified atom stereocenters. The number of aromatic nitrogens is 1. The largest absolute Gasteiger partial charge is 0.357 e. The number of nitriles is 1. The lowest BCUT2D eigenvalue weighted by Crippen LogP contribution is -2.13. The van der Waals surface area contributed by atoms with Gasteiger partial charge in [0.05, 0.1) is 5.69 Å². The highest BCUT2D eigenvalue weighted by molar-refractivity contribution is 6.51. The molecule has 0 fully saturated rings. The Morgan fingerprint density at radius 2 is 2.00 bits per heavy atom. The smallest absolute Gasteiger partial charge is 0.298 e. The molecule has 2 heterocycles. The molecule has 1 aliphatic rings. The summed E-state index contributed by atoms with van der Waals surface area (Å²) >= 11 is 0. The molecule has 0 aliphatic carbocycles. The maximum atomic E-state index is 10.8. The maximum Gasteiger partial charge on any atom is 0.298 e. The van der Waals surface area contributed by atoms with Gasteiger partial charge in [0.25, 0.3) is 11.7 Å². The predicted octanol–water partition coefficient (Wildman–Crippen LogP) is 0.289. The number of anilines is 1. The van der Waals surface area contributed by atoms with Gasteiger partial charge in [-0.3, -0.25) is 9.59 Å². The third kappa shape index (κ3) is 0.953. The summed E-state index contributed by atoms with van der Waals surface area (Å²) in [6, 6.07) is 1.65. The molecule has 12 heavy (non-hydrogen) atoms. The number of H-pyrrole nitrogens is 1. The van der Waals surface area contributed by atoms with Gasteiger partial charge in [-0.05, 0) is 6.07 Å². The van der Waals surface area contributed by atoms with Crippen LogP contribution in [0.3, 0.4) is 0 Å². The van der Waals surface area contributed by atoms with Crippen molar-refractivity contribution >= 4 is 17.4 Å². The van der Waals surface area contributed by atoms with Crippen molar-refractivity contribution < 1.29 is 9.59 Å². The van der Waals surface area contributed by atoms with Gasteiger partial charge in [0, 0.05) is 12.8 Å². The standard InChI is InChI=1S/C6H4N2O2.CHN/c9-5-4-3(1-2-7-4)8-6(5)10;1-2/h1-2,7H,(H,8,9,10);1H. The van der Waals surface area contributed by atoms with E-state index in [0.29, 0.717) is 11.4 Å². The van der Waals surface area contributed by atoms with Gasteiger partial charge < -0.3 is 10.3 Å². The molecule has 1 aromatic heterocycles. The highest BCUT2D eigenvalue weighted by Gasteiger charge is 2.28. The molecule has 60 valence electrons. The van der Waals surface area contributed by atoms with Gasteiger partial charge in [-0.2, -0.15) is 0 Å². The van der Waals surface area contributed by atoms with E-state index in [1.165, 1.54) is 0 Å². The van der Waals surface area contributed by atoms with Crippen LogP contribution in [0.4, 0.5) is 5.69 Å². The molecule has 2 rings (SSSR count). The molecule has 0 aromatic carbocycles. The van der Waals surface area contributed by atoms with Gasteiger partial charge in [0.15, 0.2) is 0 Å². The average molecular weight is 163 g/mol. The van der Waals surface area contributed by atoms with Gasteiger partial charge in [0.1, 0.15) is 5.69 Å². The minimum Gasteiger partial charge on any atom is -0.357 e. The highest BCUT2D eigenvalue weighted by Crippen LogP contribution is 2.19. The van der Waals surface area contributed by atoms with E-state index in [-0.39, 0.29) is 0 Å². The van der Waals surface area contributed by atoms with Crippen LogP contribution in [0.15, 0.2) is 12.3 Å². The van der Waals surface area contributed by atoms with Crippen molar-refractivity contribution in [3.05, 3.63) is 18.0 Å². The zero-order valence-electron chi connectivity index (χ0n) is 6.00. The molecule has 1 aromatic rings. The molecule has 0 atom stereocenters. The van der Waals surface area contributed by atoms with Gasteiger partial charge in [-0.1, -0.05) is 0 Å². The minimum atomic E-state index is -0.554. The molecule has 0 saturated carbocycles. The summed E-state index contributed by atoms with van der Waals surface area (Å²) in [6.45, 7) is 3.50. The van der Waals surface area contributed by atoms with Gasteiger partial charge in [-0.15, -0.1) is 0 Å². The summed E-state index contributed by atoms with van der Waals surface area (Å²) in [5, 5.41) is 8.91. The second kappa shape index (κ2) is 2.88. The summed E-state index contributed by atoms with van der Waals surface area (Å²) < 4.78 is 0. The molecule has 0 bridgehead atoms. The first-order valence-electron chi connectivity index (χ1n) is 3.08. The summed E-state index contributed by atoms with van der Waals surface area (Å²) in [4.78, 5) is 24.1. The molecule has 5 heteroatoms. The number of hydrogen-bond donors (Lipinski definition) is 2. The Bertz CT molecular complexity index is 351. The number of carbonyl (C=O) groups excluding carboxylic acids is 2. The summed E-state index contributed by atoms with van der Waals surface area (Å²) in [5.41, 5.74) is 0.944. The van der Waals surface area contributed by atoms with Crippen LogP contribution in [0.1, 0.15) is 10.5 Å². The minimum absolute atomic E-state index is 0.366. The lowest BCUT2D eigenvalue weighted by atomic mass is 10.3. The number of amides is 1. The second-order valence-corrected chi connectivity index (χ2v) is 2.05. The van der Waals surface area contributed by atoms with E-state index in [2.05, 4.69) is 16.9 Å². The van der Waals surface area contributed by atoms with Crippen LogP contribution in [0.5, 0.6) is 0 Å². The van der Waals surface area contributed by atoms with Crippen molar-refractivity contribution in [1.29, 1.82) is 5.26 Å². The fourth-order valence-corrected chi connectivity index (χ4v) is 0.954. The van der Waals surface area contributed by atoms with Crippen molar-refractivity contribution in [2.45, 2.75) is 0 Å². The van der Waals surface area contributed by atoms with E-state index >= 15 is 0 Å². The maximum absolute atomic E-state index is 10.8. The van der Waals surface area contributed by atoms with Crippen LogP contribution in [0.2, 0.25) is 0 Å². The van der Waals surface area contributed by atoms with Crippen LogP contribution in [-0.4, -0.2) is 16.7 Å². The average Bonchev–Trinajstić information content (AvgIpc) is 2.62. The molecule has 0 radical (unpaired) electrons. The number of hydrogen-bond acceptors (Lipinski definition) is 3. The number of nitrogens with one attached hydrogen (secondary N) is 2. The quantitative estimate of drug-likeness (QED) is 0.539. The second-order valence-electron chi connectivity index (χ2n) is 2.05. The molecule has 0 spiro atoms. The van der Waals surface area contributed by atoms with Crippen molar-refractivity contribution in [3.8, 4) is 6.57 Å². The zero-order chi connectivity index (χ0) is 9.14. The van der Waals surface area contributed by atoms with E-state index in [4.69, 9.17) is 5.26 Å². The number of carbonyl (C=O) groups is 2. The topological polar surface area (TPSA) is 85.8 Å². The van der Waals surface area contributed by atoms with E-state index in [1.807, 2.05) is 0 Å². The molecule has 0 saturated heterocycles. The highest BCUT2D eigenvalue weighted by atomic mass is 16.2. The van der Waals surface area contributed by atoms with Crippen molar-refractivity contribution in [3.63, 3.8) is 0 Å². The predicted molar refractivity (Wildman–Crippen MR) is 40.4 cm³/mol. The Morgan fingerprint density at radius 1 is 1.33 bits per heavy atom. The Morgan fingerprint density at radius 3 is 2.58 bits per heavy atom. The number of rotatable bonds is 0. The number of fused-ring (bicyclic) bond motifs is 1. The number of nitrogens with zero attached hydrogens (tertiary/aromatic N) is 1. The van der Waals surface area contributed by atoms with Crippen LogP contribution >= 0.6 is 0 Å². The zero-order valence-corrected chi connectivity index (χ0v) is 6.00. The van der Waals surface area contributed by atoms with Gasteiger partial charge in [-0.25, -0.2) is 5.26 Å². The Labute approximate surface area is 68.0 Å². The third-order valence-electron chi connectivity index (χ3n) is 1.43. The Hall–Kier alpha value is -2.09. The Balaban J connectivity index is 0.000000336. The van der Waals surface area contributed by atoms with Gasteiger partial charge in [0.2, 0.25) is 0 Å². The number of Topliss-reactive ketones (excluding diaryl/α,β-unsaturated/α-hetero) is 1. The van der Waals surface area contributed by atoms with Crippen molar-refractivity contribution in [2.75, 3.05) is 5.32 Å². The molecule has 1 aliphatic heterocycles. The third-order valence-corrected chi connectivity index (χ3v) is 1.43. The van der Waals surface area contributed by atoms with Crippen LogP contribution in [0, 0.1) is 11.8 Å². The first-order valence-corrected chi connectivity index (χ1v) is 3.08. The van der Waals surface area contributed by atoms with E-state index in [0.717, 1.165) is 0 Å². The Kier molecular flexibility index (Phi) is 1.92. The number of aromatic amines is 1. The van der Waals surface area contributed by atoms with Crippen molar-refractivity contribution in [1.82, 2.24) is 4.98 Å². The molecular weight excluding hydrogens is 158 g/mol. The summed E-state index contributed by atoms with van der Waals surface area (Å²) in [5.74, 6) is -1.04. The van der Waals surface area contributed by atoms with E-state index in [1.54, 1.807) is 12.3 Å². The summed E-state index contributed by atoms with van der Waals surface area (Å²) in [6.07, 6.45) is 1.61. The lowest BCUT2D eigenvalue weighted by Gasteiger charge is -1.83.